The molecule has 13 heteroatoms. The van der Waals surface area contributed by atoms with Crippen molar-refractivity contribution in [1.82, 2.24) is 0 Å². The van der Waals surface area contributed by atoms with E-state index in [1.165, 1.54) is 25.0 Å². The van der Waals surface area contributed by atoms with Crippen molar-refractivity contribution in [2.24, 2.45) is 0 Å². The number of ether oxygens (including phenoxy) is 8. The summed E-state index contributed by atoms with van der Waals surface area (Å²) in [4.78, 5) is 59.0. The van der Waals surface area contributed by atoms with Gasteiger partial charge in [-0.05, 0) is 158 Å². The van der Waals surface area contributed by atoms with Crippen LogP contribution in [0.25, 0.3) is 76.5 Å². The maximum Gasteiger partial charge on any atom is 0.379 e. The Kier molecular flexibility index (Phi) is 16.1. The lowest BCUT2D eigenvalue weighted by Gasteiger charge is -2.18. The number of hydrogen-bond donors (Lipinski definition) is 0. The average Bonchev–Trinajstić information content (AvgIpc) is 3.41. The predicted molar refractivity (Wildman–Crippen MR) is 291 cm³/mol. The van der Waals surface area contributed by atoms with Gasteiger partial charge in [-0.15, -0.1) is 0 Å². The molecule has 0 saturated carbocycles. The number of benzene rings is 8. The molecule has 13 nitrogen and oxygen atoms in total. The van der Waals surface area contributed by atoms with Gasteiger partial charge in [0.15, 0.2) is 0 Å². The molecule has 0 amide bonds. The predicted octanol–water partition coefficient (Wildman–Crippen LogP) is 14.2. The van der Waals surface area contributed by atoms with Gasteiger partial charge in [-0.25, -0.2) is 19.2 Å². The van der Waals surface area contributed by atoms with Crippen LogP contribution in [0.4, 0.5) is 0 Å². The minimum Gasteiger partial charge on any atom is -0.462 e. The monoisotopic (exact) mass is 1010 g/mol. The Morgan fingerprint density at radius 2 is 0.671 bits per heavy atom. The van der Waals surface area contributed by atoms with Gasteiger partial charge in [0.1, 0.15) is 73.1 Å². The van der Waals surface area contributed by atoms with Crippen molar-refractivity contribution in [1.29, 1.82) is 0 Å². The molecule has 8 aromatic rings. The Morgan fingerprint density at radius 1 is 0.329 bits per heavy atom. The van der Waals surface area contributed by atoms with E-state index in [0.29, 0.717) is 23.0 Å². The lowest BCUT2D eigenvalue weighted by molar-refractivity contribution is -0.148. The van der Waals surface area contributed by atoms with Crippen LogP contribution in [0, 0.1) is 0 Å². The van der Waals surface area contributed by atoms with E-state index >= 15 is 0 Å². The van der Waals surface area contributed by atoms with Gasteiger partial charge >= 0.3 is 23.9 Å². The Hall–Kier alpha value is -10.3. The summed E-state index contributed by atoms with van der Waals surface area (Å²) >= 11 is 0. The van der Waals surface area contributed by atoms with E-state index in [4.69, 9.17) is 37.9 Å². The fraction of sp³-hybridized carbons (Fsp3) is 0.0635. The lowest BCUT2D eigenvalue weighted by atomic mass is 9.88. The van der Waals surface area contributed by atoms with Crippen LogP contribution in [0.5, 0.6) is 23.0 Å². The second kappa shape index (κ2) is 23.5. The second-order valence-corrected chi connectivity index (χ2v) is 17.3. The smallest absolute Gasteiger partial charge is 0.379 e. The molecule has 0 atom stereocenters. The van der Waals surface area contributed by atoms with Crippen LogP contribution >= 0.6 is 0 Å². The summed E-state index contributed by atoms with van der Waals surface area (Å²) in [5.41, 5.74) is 5.83. The summed E-state index contributed by atoms with van der Waals surface area (Å²) in [5, 5.41) is 7.02. The van der Waals surface area contributed by atoms with Gasteiger partial charge in [-0.2, -0.15) is 0 Å². The number of rotatable bonds is 19. The number of fused-ring (bicyclic) bond motifs is 4. The van der Waals surface area contributed by atoms with Gasteiger partial charge in [-0.3, -0.25) is 4.79 Å². The first-order chi connectivity index (χ1) is 36.6. The van der Waals surface area contributed by atoms with Crippen molar-refractivity contribution in [3.63, 3.8) is 0 Å². The number of ketones is 1. The minimum absolute atomic E-state index is 0.224. The van der Waals surface area contributed by atoms with Crippen LogP contribution < -0.4 is 18.9 Å². The molecule has 0 aliphatic carbocycles. The van der Waals surface area contributed by atoms with Crippen molar-refractivity contribution in [2.75, 3.05) is 0 Å². The Bertz CT molecular complexity index is 3570. The first-order valence-electron chi connectivity index (χ1n) is 23.4. The highest BCUT2D eigenvalue weighted by Gasteiger charge is 2.18. The third-order valence-electron chi connectivity index (χ3n) is 11.5. The second-order valence-electron chi connectivity index (χ2n) is 17.3. The zero-order chi connectivity index (χ0) is 53.9. The lowest BCUT2D eigenvalue weighted by Crippen LogP contribution is -2.10. The van der Waals surface area contributed by atoms with Crippen molar-refractivity contribution >= 4 is 72.8 Å². The number of Topliss-reactive ketones (excluding diaryl/α,β-unsaturated/α-hetero) is 1. The van der Waals surface area contributed by atoms with E-state index in [0.717, 1.165) is 108 Å². The highest BCUT2D eigenvalue weighted by atomic mass is 16.6. The van der Waals surface area contributed by atoms with Gasteiger partial charge in [-0.1, -0.05) is 92.5 Å². The molecule has 0 aliphatic rings. The third kappa shape index (κ3) is 12.5. The molecule has 0 N–H and O–H groups in total. The first-order valence-corrected chi connectivity index (χ1v) is 23.4. The van der Waals surface area contributed by atoms with Crippen molar-refractivity contribution < 1.29 is 61.9 Å². The number of carbonyl (C=O) groups is 5. The number of hydrogen-bond acceptors (Lipinski definition) is 13. The number of carbonyl (C=O) groups excluding carboxylic acids is 5. The van der Waals surface area contributed by atoms with Gasteiger partial charge in [0.2, 0.25) is 5.78 Å². The molecule has 76 heavy (non-hydrogen) atoms. The molecule has 378 valence electrons. The number of esters is 4. The van der Waals surface area contributed by atoms with Crippen LogP contribution in [-0.4, -0.2) is 29.7 Å². The largest absolute Gasteiger partial charge is 0.462 e. The highest BCUT2D eigenvalue weighted by Crippen LogP contribution is 2.44. The molecular formula is C63H48O13. The third-order valence-corrected chi connectivity index (χ3v) is 11.5. The summed E-state index contributed by atoms with van der Waals surface area (Å²) in [6.07, 6.45) is 9.53. The molecule has 0 spiro atoms. The van der Waals surface area contributed by atoms with E-state index in [1.807, 2.05) is 115 Å². The summed E-state index contributed by atoms with van der Waals surface area (Å²) in [7, 11) is 0. The fourth-order valence-electron chi connectivity index (χ4n) is 7.90. The molecule has 0 bridgehead atoms. The van der Waals surface area contributed by atoms with Gasteiger partial charge < -0.3 is 37.9 Å². The molecule has 0 aliphatic heterocycles. The van der Waals surface area contributed by atoms with Crippen molar-refractivity contribution in [3.8, 4) is 56.4 Å². The van der Waals surface area contributed by atoms with Gasteiger partial charge in [0.05, 0.1) is 0 Å². The summed E-state index contributed by atoms with van der Waals surface area (Å²) in [6.45, 7) is 16.6. The summed E-state index contributed by atoms with van der Waals surface area (Å²) in [5.74, 6) is -1.63. The molecular weight excluding hydrogens is 965 g/mol. The topological polar surface area (TPSA) is 159 Å². The molecule has 0 aromatic heterocycles. The quantitative estimate of drug-likeness (QED) is 0.0248. The molecule has 0 unspecified atom stereocenters. The first kappa shape index (κ1) is 52.1. The van der Waals surface area contributed by atoms with Crippen LogP contribution in [0.15, 0.2) is 220 Å². The van der Waals surface area contributed by atoms with E-state index in [2.05, 4.69) is 31.9 Å². The molecule has 0 saturated heterocycles. The SMILES string of the molecule is C=C(C)C(=O)O/C=C\Oc1ccc2cc(-c3cccc4c(-c5cc(O/C=C\OC(=O)C(=C)C)cc6c(-c7ccc8cc(O/C=C\OC(=O)C(C)=O)ccc8c7)cccc56)cc(O/C=C\OC(=O)C(=C)C)cc34)ccc2c1. The molecule has 0 fully saturated rings. The maximum atomic E-state index is 12.3. The van der Waals surface area contributed by atoms with Crippen molar-refractivity contribution in [3.05, 3.63) is 220 Å². The minimum atomic E-state index is -0.998. The zero-order valence-electron chi connectivity index (χ0n) is 41.7. The van der Waals surface area contributed by atoms with Crippen LogP contribution in [0.1, 0.15) is 27.7 Å². The van der Waals surface area contributed by atoms with Crippen molar-refractivity contribution in [2.45, 2.75) is 27.7 Å². The molecule has 8 rings (SSSR count). The summed E-state index contributed by atoms with van der Waals surface area (Å²) in [6, 6.07) is 43.0. The molecule has 0 radical (unpaired) electrons. The Morgan fingerprint density at radius 3 is 1.04 bits per heavy atom. The van der Waals surface area contributed by atoms with Gasteiger partial charge in [0.25, 0.3) is 0 Å². The molecule has 8 aromatic carbocycles. The van der Waals surface area contributed by atoms with Crippen LogP contribution in [0.3, 0.4) is 0 Å². The average molecular weight is 1010 g/mol. The van der Waals surface area contributed by atoms with Gasteiger partial charge in [0, 0.05) is 23.6 Å². The highest BCUT2D eigenvalue weighted by molar-refractivity contribution is 6.32. The fourth-order valence-corrected chi connectivity index (χ4v) is 7.90. The summed E-state index contributed by atoms with van der Waals surface area (Å²) < 4.78 is 43.9. The zero-order valence-corrected chi connectivity index (χ0v) is 41.7. The van der Waals surface area contributed by atoms with Crippen LogP contribution in [0.2, 0.25) is 0 Å². The van der Waals surface area contributed by atoms with E-state index < -0.39 is 29.7 Å². The standard InChI is InChI=1S/C63H48O13/c1-38(2)60(65)73-26-22-69-48-20-18-42-30-46(16-14-44(42)32-48)52-10-8-12-54-56(52)34-50(71-24-27-74-61(66)39(3)4)36-58(54)59-37-51(72-25-28-75-62(67)40(5)6)35-57-53(11-9-13-55(57)59)47-17-15-45-33-49(21-19-43(45)31-47)70-23-29-76-63(68)41(7)64/h8-37H,1,3,5H2,2,4,6-7H3/b26-22-,27-24-,28-25-,29-23-. The molecule has 0 heterocycles. The van der Waals surface area contributed by atoms with E-state index in [-0.39, 0.29) is 16.7 Å². The normalized spacial score (nSPS) is 11.4. The van der Waals surface area contributed by atoms with E-state index in [9.17, 15) is 24.0 Å². The van der Waals surface area contributed by atoms with E-state index in [1.54, 1.807) is 26.8 Å². The maximum absolute atomic E-state index is 12.3. The Balaban J connectivity index is 1.24. The Labute approximate surface area is 437 Å². The van der Waals surface area contributed by atoms with Crippen LogP contribution in [-0.2, 0) is 42.9 Å².